The third-order valence-corrected chi connectivity index (χ3v) is 2.64. The lowest BCUT2D eigenvalue weighted by Crippen LogP contribution is -2.12. The number of rotatable bonds is 5. The first-order chi connectivity index (χ1) is 7.65. The van der Waals surface area contributed by atoms with Crippen LogP contribution in [0, 0.1) is 0 Å². The van der Waals surface area contributed by atoms with E-state index >= 15 is 0 Å². The Morgan fingerprint density at radius 2 is 2.12 bits per heavy atom. The van der Waals surface area contributed by atoms with Crippen LogP contribution >= 0.6 is 0 Å². The molecule has 0 aliphatic carbocycles. The van der Waals surface area contributed by atoms with Crippen LogP contribution in [0.15, 0.2) is 6.33 Å². The number of nitrogens with zero attached hydrogens (tertiary/aromatic N) is 2. The number of esters is 1. The Labute approximate surface area is 95.6 Å². The van der Waals surface area contributed by atoms with E-state index in [4.69, 9.17) is 10.5 Å². The Hall–Kier alpha value is -1.52. The standard InChI is InChI=1S/C11H19N3O2/c1-4-8(5-2)14-7-13-9(10(14)12)11(15)16-6-3/h7-8H,4-6,12H2,1-3H3. The van der Waals surface area contributed by atoms with Crippen molar-refractivity contribution in [3.05, 3.63) is 12.0 Å². The summed E-state index contributed by atoms with van der Waals surface area (Å²) in [6.45, 7) is 6.25. The fraction of sp³-hybridized carbons (Fsp3) is 0.636. The summed E-state index contributed by atoms with van der Waals surface area (Å²) >= 11 is 0. The molecular formula is C11H19N3O2. The van der Waals surface area contributed by atoms with Gasteiger partial charge in [0.25, 0.3) is 0 Å². The predicted molar refractivity (Wildman–Crippen MR) is 62.2 cm³/mol. The van der Waals surface area contributed by atoms with Crippen LogP contribution in [0.5, 0.6) is 0 Å². The van der Waals surface area contributed by atoms with E-state index in [-0.39, 0.29) is 11.7 Å². The minimum atomic E-state index is -0.454. The SMILES string of the molecule is CCOC(=O)c1ncn(C(CC)CC)c1N. The van der Waals surface area contributed by atoms with Gasteiger partial charge in [0.05, 0.1) is 12.9 Å². The first kappa shape index (κ1) is 12.5. The Bertz CT molecular complexity index is 356. The molecule has 0 aliphatic heterocycles. The van der Waals surface area contributed by atoms with Crippen molar-refractivity contribution in [2.24, 2.45) is 0 Å². The first-order valence-electron chi connectivity index (χ1n) is 5.65. The zero-order valence-electron chi connectivity index (χ0n) is 10.1. The summed E-state index contributed by atoms with van der Waals surface area (Å²) in [7, 11) is 0. The van der Waals surface area contributed by atoms with Crippen molar-refractivity contribution in [1.29, 1.82) is 0 Å². The van der Waals surface area contributed by atoms with Gasteiger partial charge in [0.2, 0.25) is 0 Å². The van der Waals surface area contributed by atoms with Gasteiger partial charge in [-0.3, -0.25) is 0 Å². The van der Waals surface area contributed by atoms with E-state index in [0.717, 1.165) is 12.8 Å². The van der Waals surface area contributed by atoms with Crippen molar-refractivity contribution in [3.63, 3.8) is 0 Å². The fourth-order valence-electron chi connectivity index (χ4n) is 1.70. The third-order valence-electron chi connectivity index (χ3n) is 2.64. The van der Waals surface area contributed by atoms with Crippen LogP contribution < -0.4 is 5.73 Å². The van der Waals surface area contributed by atoms with Crippen molar-refractivity contribution in [2.75, 3.05) is 12.3 Å². The summed E-state index contributed by atoms with van der Waals surface area (Å²) < 4.78 is 6.71. The molecule has 0 atom stereocenters. The second-order valence-corrected chi connectivity index (χ2v) is 3.58. The molecule has 0 amide bonds. The molecule has 1 heterocycles. The Kier molecular flexibility index (Phi) is 4.34. The number of aromatic nitrogens is 2. The van der Waals surface area contributed by atoms with Crippen LogP contribution in [0.1, 0.15) is 50.1 Å². The van der Waals surface area contributed by atoms with E-state index in [2.05, 4.69) is 18.8 Å². The van der Waals surface area contributed by atoms with E-state index < -0.39 is 5.97 Å². The van der Waals surface area contributed by atoms with Crippen LogP contribution in [0.4, 0.5) is 5.82 Å². The minimum absolute atomic E-state index is 0.216. The van der Waals surface area contributed by atoms with Crippen LogP contribution in [-0.2, 0) is 4.74 Å². The Morgan fingerprint density at radius 1 is 1.50 bits per heavy atom. The lowest BCUT2D eigenvalue weighted by Gasteiger charge is -2.15. The maximum atomic E-state index is 11.5. The monoisotopic (exact) mass is 225 g/mol. The Morgan fingerprint density at radius 3 is 2.62 bits per heavy atom. The molecule has 0 aliphatic rings. The zero-order chi connectivity index (χ0) is 12.1. The van der Waals surface area contributed by atoms with Crippen molar-refractivity contribution in [2.45, 2.75) is 39.7 Å². The van der Waals surface area contributed by atoms with E-state index in [1.807, 2.05) is 4.57 Å². The van der Waals surface area contributed by atoms with Crippen LogP contribution in [0.3, 0.4) is 0 Å². The molecule has 16 heavy (non-hydrogen) atoms. The molecule has 90 valence electrons. The van der Waals surface area contributed by atoms with E-state index in [0.29, 0.717) is 12.4 Å². The average Bonchev–Trinajstić information content (AvgIpc) is 2.63. The van der Waals surface area contributed by atoms with Crippen molar-refractivity contribution >= 4 is 11.8 Å². The molecule has 5 nitrogen and oxygen atoms in total. The van der Waals surface area contributed by atoms with E-state index in [1.54, 1.807) is 13.3 Å². The zero-order valence-corrected chi connectivity index (χ0v) is 10.1. The number of hydrogen-bond acceptors (Lipinski definition) is 4. The van der Waals surface area contributed by atoms with E-state index in [1.165, 1.54) is 0 Å². The highest BCUT2D eigenvalue weighted by molar-refractivity contribution is 5.92. The summed E-state index contributed by atoms with van der Waals surface area (Å²) in [6, 6.07) is 0.288. The normalized spacial score (nSPS) is 10.8. The Balaban J connectivity index is 2.95. The highest BCUT2D eigenvalue weighted by Gasteiger charge is 2.19. The van der Waals surface area contributed by atoms with Gasteiger partial charge in [-0.25, -0.2) is 9.78 Å². The van der Waals surface area contributed by atoms with Gasteiger partial charge in [0.1, 0.15) is 5.82 Å². The van der Waals surface area contributed by atoms with Gasteiger partial charge in [0.15, 0.2) is 5.69 Å². The summed E-state index contributed by atoms with van der Waals surface area (Å²) in [5.41, 5.74) is 6.10. The molecule has 0 saturated heterocycles. The van der Waals surface area contributed by atoms with Gasteiger partial charge >= 0.3 is 5.97 Å². The van der Waals surface area contributed by atoms with Gasteiger partial charge in [-0.15, -0.1) is 0 Å². The maximum absolute atomic E-state index is 11.5. The molecule has 0 fully saturated rings. The lowest BCUT2D eigenvalue weighted by atomic mass is 10.2. The molecule has 1 aromatic heterocycles. The molecule has 5 heteroatoms. The van der Waals surface area contributed by atoms with Gasteiger partial charge in [0, 0.05) is 6.04 Å². The third kappa shape index (κ3) is 2.35. The molecule has 1 rings (SSSR count). The van der Waals surface area contributed by atoms with Crippen LogP contribution in [-0.4, -0.2) is 22.1 Å². The van der Waals surface area contributed by atoms with Gasteiger partial charge < -0.3 is 15.0 Å². The smallest absolute Gasteiger partial charge is 0.360 e. The van der Waals surface area contributed by atoms with Gasteiger partial charge in [-0.2, -0.15) is 0 Å². The van der Waals surface area contributed by atoms with Crippen molar-refractivity contribution < 1.29 is 9.53 Å². The summed E-state index contributed by atoms with van der Waals surface area (Å²) in [5.74, 6) is -0.0585. The summed E-state index contributed by atoms with van der Waals surface area (Å²) in [4.78, 5) is 15.5. The lowest BCUT2D eigenvalue weighted by molar-refractivity contribution is 0.0521. The van der Waals surface area contributed by atoms with Crippen molar-refractivity contribution in [1.82, 2.24) is 9.55 Å². The molecule has 0 spiro atoms. The highest BCUT2D eigenvalue weighted by Crippen LogP contribution is 2.22. The molecule has 0 bridgehead atoms. The molecule has 0 radical (unpaired) electrons. The summed E-state index contributed by atoms with van der Waals surface area (Å²) in [6.07, 6.45) is 3.53. The van der Waals surface area contributed by atoms with Crippen LogP contribution in [0.2, 0.25) is 0 Å². The second kappa shape index (κ2) is 5.53. The number of imidazole rings is 1. The molecular weight excluding hydrogens is 206 g/mol. The number of nitrogens with two attached hydrogens (primary N) is 1. The van der Waals surface area contributed by atoms with Crippen LogP contribution in [0.25, 0.3) is 0 Å². The molecule has 1 aromatic rings. The second-order valence-electron chi connectivity index (χ2n) is 3.58. The predicted octanol–water partition coefficient (Wildman–Crippen LogP) is 2.00. The average molecular weight is 225 g/mol. The summed E-state index contributed by atoms with van der Waals surface area (Å²) in [5, 5.41) is 0. The molecule has 0 aromatic carbocycles. The van der Waals surface area contributed by atoms with Gasteiger partial charge in [-0.05, 0) is 19.8 Å². The number of carbonyl (C=O) groups excluding carboxylic acids is 1. The largest absolute Gasteiger partial charge is 0.461 e. The number of anilines is 1. The first-order valence-corrected chi connectivity index (χ1v) is 5.65. The fourth-order valence-corrected chi connectivity index (χ4v) is 1.70. The van der Waals surface area contributed by atoms with Gasteiger partial charge in [-0.1, -0.05) is 13.8 Å². The minimum Gasteiger partial charge on any atom is -0.461 e. The number of nitrogen functional groups attached to an aromatic ring is 1. The topological polar surface area (TPSA) is 70.1 Å². The quantitative estimate of drug-likeness (QED) is 0.778. The van der Waals surface area contributed by atoms with E-state index in [9.17, 15) is 4.79 Å². The molecule has 0 unspecified atom stereocenters. The molecule has 0 saturated carbocycles. The highest BCUT2D eigenvalue weighted by atomic mass is 16.5. The number of hydrogen-bond donors (Lipinski definition) is 1. The number of carbonyl (C=O) groups is 1. The molecule has 2 N–H and O–H groups in total. The maximum Gasteiger partial charge on any atom is 0.360 e. The van der Waals surface area contributed by atoms with Crippen molar-refractivity contribution in [3.8, 4) is 0 Å². The number of ether oxygens (including phenoxy) is 1.